The van der Waals surface area contributed by atoms with Crippen molar-refractivity contribution >= 4 is 55.3 Å². The molecule has 4 heterocycles. The van der Waals surface area contributed by atoms with E-state index >= 15 is 0 Å². The predicted molar refractivity (Wildman–Crippen MR) is 156 cm³/mol. The minimum Gasteiger partial charge on any atom is -0.454 e. The summed E-state index contributed by atoms with van der Waals surface area (Å²) in [6.45, 7) is 0. The highest BCUT2D eigenvalue weighted by atomic mass is 16.3. The summed E-state index contributed by atoms with van der Waals surface area (Å²) in [5, 5.41) is 4.53. The highest BCUT2D eigenvalue weighted by Gasteiger charge is 2.17. The average molecular weight is 491 g/mol. The van der Waals surface area contributed by atoms with E-state index < -0.39 is 0 Å². The minimum absolute atomic E-state index is 0.895. The Balaban J connectivity index is 1.09. The molecule has 38 heavy (non-hydrogen) atoms. The van der Waals surface area contributed by atoms with E-state index in [9.17, 15) is 0 Å². The van der Waals surface area contributed by atoms with Crippen molar-refractivity contribution in [2.45, 2.75) is 0 Å². The zero-order valence-electron chi connectivity index (χ0n) is 20.4. The molecule has 0 spiro atoms. The topological polar surface area (TPSA) is 32.8 Å². The van der Waals surface area contributed by atoms with E-state index in [2.05, 4.69) is 107 Å². The first-order chi connectivity index (χ1) is 18.8. The van der Waals surface area contributed by atoms with Crippen LogP contribution in [0, 0.1) is 0 Å². The molecule has 4 aromatic carbocycles. The summed E-state index contributed by atoms with van der Waals surface area (Å²) in [6.07, 6.45) is 16.9. The number of rotatable bonds is 2. The Hall–Kier alpha value is -5.22. The second-order valence-corrected chi connectivity index (χ2v) is 9.49. The van der Waals surface area contributed by atoms with Gasteiger partial charge in [-0.2, -0.15) is 0 Å². The van der Waals surface area contributed by atoms with Gasteiger partial charge < -0.3 is 18.6 Å². The van der Waals surface area contributed by atoms with E-state index in [1.54, 1.807) is 0 Å². The molecule has 0 radical (unpaired) electrons. The summed E-state index contributed by atoms with van der Waals surface area (Å²) < 4.78 is 12.5. The van der Waals surface area contributed by atoms with Gasteiger partial charge in [-0.15, -0.1) is 0 Å². The summed E-state index contributed by atoms with van der Waals surface area (Å²) >= 11 is 0. The fourth-order valence-corrected chi connectivity index (χ4v) is 5.43. The Morgan fingerprint density at radius 1 is 0.395 bits per heavy atom. The summed E-state index contributed by atoms with van der Waals surface area (Å²) in [4.78, 5) is 4.22. The maximum Gasteiger partial charge on any atom is 0.159 e. The van der Waals surface area contributed by atoms with Gasteiger partial charge in [-0.25, -0.2) is 0 Å². The fourth-order valence-electron chi connectivity index (χ4n) is 5.43. The summed E-state index contributed by atoms with van der Waals surface area (Å²) in [5.41, 5.74) is 7.94. The van der Waals surface area contributed by atoms with Crippen molar-refractivity contribution in [3.05, 3.63) is 145 Å². The molecule has 4 heteroatoms. The molecule has 0 saturated carbocycles. The first-order valence-corrected chi connectivity index (χ1v) is 12.7. The van der Waals surface area contributed by atoms with Gasteiger partial charge in [0.2, 0.25) is 0 Å². The molecule has 0 bridgehead atoms. The van der Waals surface area contributed by atoms with Crippen LogP contribution >= 0.6 is 0 Å². The molecule has 4 nitrogen and oxygen atoms in total. The zero-order chi connectivity index (χ0) is 25.1. The van der Waals surface area contributed by atoms with Crippen LogP contribution in [0.4, 0.5) is 11.4 Å². The quantitative estimate of drug-likeness (QED) is 0.242. The van der Waals surface area contributed by atoms with Crippen LogP contribution in [0.15, 0.2) is 154 Å². The smallest absolute Gasteiger partial charge is 0.159 e. The molecular weight excluding hydrogens is 468 g/mol. The van der Waals surface area contributed by atoms with Crippen LogP contribution in [0.5, 0.6) is 0 Å². The van der Waals surface area contributed by atoms with Gasteiger partial charge in [-0.05, 0) is 59.7 Å². The number of hydrogen-bond donors (Lipinski definition) is 0. The molecule has 0 N–H and O–H groups in total. The molecule has 0 fully saturated rings. The van der Waals surface area contributed by atoms with Crippen molar-refractivity contribution in [3.8, 4) is 0 Å². The molecule has 0 amide bonds. The van der Waals surface area contributed by atoms with Gasteiger partial charge in [0.25, 0.3) is 0 Å². The Morgan fingerprint density at radius 3 is 1.24 bits per heavy atom. The maximum atomic E-state index is 6.23. The average Bonchev–Trinajstić information content (AvgIpc) is 3.56. The number of allylic oxidation sites excluding steroid dienone is 6. The highest BCUT2D eigenvalue weighted by Crippen LogP contribution is 2.38. The molecule has 0 saturated heterocycles. The van der Waals surface area contributed by atoms with Gasteiger partial charge >= 0.3 is 0 Å². The van der Waals surface area contributed by atoms with E-state index in [4.69, 9.17) is 8.83 Å². The van der Waals surface area contributed by atoms with Crippen molar-refractivity contribution in [1.29, 1.82) is 0 Å². The number of nitrogens with zero attached hydrogens (tertiary/aromatic N) is 2. The molecule has 0 unspecified atom stereocenters. The van der Waals surface area contributed by atoms with Crippen LogP contribution < -0.4 is 9.80 Å². The van der Waals surface area contributed by atoms with E-state index in [-0.39, 0.29) is 0 Å². The third kappa shape index (κ3) is 3.17. The molecule has 2 aliphatic rings. The molecule has 6 aromatic rings. The van der Waals surface area contributed by atoms with Crippen LogP contribution in [0.2, 0.25) is 0 Å². The number of para-hydroxylation sites is 4. The maximum absolute atomic E-state index is 6.23. The van der Waals surface area contributed by atoms with Crippen LogP contribution in [0.1, 0.15) is 0 Å². The molecule has 2 aliphatic heterocycles. The SMILES string of the molecule is C1=CN(c2cccc3c2oc2ccccc23)C=CC1=C1C=CN(c2cccc3c2oc2ccccc23)C=C1. The van der Waals surface area contributed by atoms with Crippen molar-refractivity contribution < 1.29 is 8.83 Å². The van der Waals surface area contributed by atoms with Gasteiger partial charge in [-0.3, -0.25) is 0 Å². The van der Waals surface area contributed by atoms with E-state index in [0.29, 0.717) is 0 Å². The van der Waals surface area contributed by atoms with E-state index in [0.717, 1.165) is 66.4 Å². The lowest BCUT2D eigenvalue weighted by molar-refractivity contribution is 0.668. The van der Waals surface area contributed by atoms with Crippen molar-refractivity contribution in [2.24, 2.45) is 0 Å². The van der Waals surface area contributed by atoms with Crippen LogP contribution in [-0.2, 0) is 0 Å². The lowest BCUT2D eigenvalue weighted by atomic mass is 10.0. The fraction of sp³-hybridized carbons (Fsp3) is 0. The standard InChI is InChI=1S/C34H22N2O2/c1-3-13-31-25(7-1)27-9-5-11-29(33(27)37-31)35-19-15-23(16-20-35)24-17-21-36(22-18-24)30-12-6-10-28-26-8-2-4-14-32(26)38-34(28)30/h1-22H. The lowest BCUT2D eigenvalue weighted by Gasteiger charge is -2.22. The molecule has 8 rings (SSSR count). The Bertz CT molecular complexity index is 1870. The van der Waals surface area contributed by atoms with E-state index in [1.165, 1.54) is 0 Å². The third-order valence-electron chi connectivity index (χ3n) is 7.32. The number of benzene rings is 4. The number of anilines is 2. The molecule has 2 aromatic heterocycles. The summed E-state index contributed by atoms with van der Waals surface area (Å²) in [6, 6.07) is 28.9. The zero-order valence-corrected chi connectivity index (χ0v) is 20.4. The lowest BCUT2D eigenvalue weighted by Crippen LogP contribution is -2.12. The molecule has 180 valence electrons. The second kappa shape index (κ2) is 8.15. The molecular formula is C34H22N2O2. The molecule has 0 aliphatic carbocycles. The normalized spacial score (nSPS) is 15.3. The monoisotopic (exact) mass is 490 g/mol. The van der Waals surface area contributed by atoms with Crippen molar-refractivity contribution in [3.63, 3.8) is 0 Å². The predicted octanol–water partition coefficient (Wildman–Crippen LogP) is 9.18. The van der Waals surface area contributed by atoms with Gasteiger partial charge in [0.05, 0.1) is 11.4 Å². The van der Waals surface area contributed by atoms with Gasteiger partial charge in [0.1, 0.15) is 11.2 Å². The van der Waals surface area contributed by atoms with E-state index in [1.807, 2.05) is 36.4 Å². The minimum atomic E-state index is 0.895. The van der Waals surface area contributed by atoms with Crippen LogP contribution in [0.25, 0.3) is 43.9 Å². The van der Waals surface area contributed by atoms with Gasteiger partial charge in [0.15, 0.2) is 11.2 Å². The van der Waals surface area contributed by atoms with Crippen LogP contribution in [0.3, 0.4) is 0 Å². The van der Waals surface area contributed by atoms with Crippen LogP contribution in [-0.4, -0.2) is 0 Å². The number of fused-ring (bicyclic) bond motifs is 6. The van der Waals surface area contributed by atoms with Crippen molar-refractivity contribution in [2.75, 3.05) is 9.80 Å². The Kier molecular flexibility index (Phi) is 4.49. The van der Waals surface area contributed by atoms with Gasteiger partial charge in [-0.1, -0.05) is 60.7 Å². The number of hydrogen-bond acceptors (Lipinski definition) is 4. The molecule has 0 atom stereocenters. The third-order valence-corrected chi connectivity index (χ3v) is 7.32. The Morgan fingerprint density at radius 2 is 0.789 bits per heavy atom. The largest absolute Gasteiger partial charge is 0.454 e. The first kappa shape index (κ1) is 20.9. The van der Waals surface area contributed by atoms with Gasteiger partial charge in [0, 0.05) is 46.3 Å². The van der Waals surface area contributed by atoms with Crippen molar-refractivity contribution in [1.82, 2.24) is 0 Å². The highest BCUT2D eigenvalue weighted by molar-refractivity contribution is 6.10. The summed E-state index contributed by atoms with van der Waals surface area (Å²) in [5.74, 6) is 0. The Labute approximate surface area is 219 Å². The summed E-state index contributed by atoms with van der Waals surface area (Å²) in [7, 11) is 0. The number of furan rings is 2. The first-order valence-electron chi connectivity index (χ1n) is 12.7. The second-order valence-electron chi connectivity index (χ2n) is 9.49.